The molecule has 1 rings (SSSR count). The summed E-state index contributed by atoms with van der Waals surface area (Å²) in [5.74, 6) is 0. The molecule has 0 radical (unpaired) electrons. The Bertz CT molecular complexity index is 201. The Hall–Kier alpha value is -0.0800. The Morgan fingerprint density at radius 2 is 1.94 bits per heavy atom. The predicted molar refractivity (Wildman–Crippen MR) is 76.4 cm³/mol. The standard InChI is InChI=1S/C15H32N2/c1-5-10-15(3,12-16-11-6-2)13-17(4)14-8-7-9-14/h14,16H,5-13H2,1-4H3. The Morgan fingerprint density at radius 3 is 2.41 bits per heavy atom. The van der Waals surface area contributed by atoms with E-state index in [0.29, 0.717) is 5.41 Å². The Balaban J connectivity index is 2.38. The summed E-state index contributed by atoms with van der Waals surface area (Å²) in [5.41, 5.74) is 0.453. The van der Waals surface area contributed by atoms with E-state index in [1.807, 2.05) is 0 Å². The highest BCUT2D eigenvalue weighted by Gasteiger charge is 2.29. The van der Waals surface area contributed by atoms with Crippen molar-refractivity contribution in [1.29, 1.82) is 0 Å². The second-order valence-corrected chi connectivity index (χ2v) is 6.24. The van der Waals surface area contributed by atoms with Crippen molar-refractivity contribution >= 4 is 0 Å². The van der Waals surface area contributed by atoms with Gasteiger partial charge in [-0.1, -0.05) is 33.6 Å². The van der Waals surface area contributed by atoms with Crippen LogP contribution in [0.15, 0.2) is 0 Å². The van der Waals surface area contributed by atoms with Crippen LogP contribution in [0.5, 0.6) is 0 Å². The van der Waals surface area contributed by atoms with Crippen LogP contribution in [0.25, 0.3) is 0 Å². The van der Waals surface area contributed by atoms with E-state index >= 15 is 0 Å². The lowest BCUT2D eigenvalue weighted by atomic mass is 9.83. The number of nitrogens with zero attached hydrogens (tertiary/aromatic N) is 1. The minimum absolute atomic E-state index is 0.453. The fraction of sp³-hybridized carbons (Fsp3) is 1.00. The van der Waals surface area contributed by atoms with Gasteiger partial charge in [-0.05, 0) is 44.7 Å². The largest absolute Gasteiger partial charge is 0.316 e. The van der Waals surface area contributed by atoms with Crippen molar-refractivity contribution in [3.05, 3.63) is 0 Å². The van der Waals surface area contributed by atoms with Crippen molar-refractivity contribution in [2.75, 3.05) is 26.7 Å². The maximum atomic E-state index is 3.61. The van der Waals surface area contributed by atoms with Crippen molar-refractivity contribution in [2.24, 2.45) is 5.41 Å². The summed E-state index contributed by atoms with van der Waals surface area (Å²) in [5, 5.41) is 3.61. The number of hydrogen-bond acceptors (Lipinski definition) is 2. The molecule has 0 saturated heterocycles. The second kappa shape index (κ2) is 7.38. The number of rotatable bonds is 9. The van der Waals surface area contributed by atoms with Crippen molar-refractivity contribution < 1.29 is 0 Å². The van der Waals surface area contributed by atoms with E-state index < -0.39 is 0 Å². The van der Waals surface area contributed by atoms with E-state index in [1.54, 1.807) is 0 Å². The van der Waals surface area contributed by atoms with Crippen LogP contribution in [-0.4, -0.2) is 37.6 Å². The zero-order valence-corrected chi connectivity index (χ0v) is 12.4. The van der Waals surface area contributed by atoms with E-state index in [1.165, 1.54) is 51.6 Å². The first kappa shape index (κ1) is 15.0. The Kier molecular flexibility index (Phi) is 6.50. The van der Waals surface area contributed by atoms with Gasteiger partial charge in [-0.3, -0.25) is 0 Å². The third kappa shape index (κ3) is 4.97. The van der Waals surface area contributed by atoms with Crippen molar-refractivity contribution in [2.45, 2.75) is 65.3 Å². The van der Waals surface area contributed by atoms with Gasteiger partial charge in [0.25, 0.3) is 0 Å². The van der Waals surface area contributed by atoms with Crippen LogP contribution >= 0.6 is 0 Å². The van der Waals surface area contributed by atoms with E-state index in [0.717, 1.165) is 12.6 Å². The molecular weight excluding hydrogens is 208 g/mol. The van der Waals surface area contributed by atoms with Crippen molar-refractivity contribution in [3.63, 3.8) is 0 Å². The smallest absolute Gasteiger partial charge is 0.00924 e. The fourth-order valence-electron chi connectivity index (χ4n) is 2.95. The molecule has 1 saturated carbocycles. The van der Waals surface area contributed by atoms with Gasteiger partial charge < -0.3 is 10.2 Å². The Morgan fingerprint density at radius 1 is 1.24 bits per heavy atom. The summed E-state index contributed by atoms with van der Waals surface area (Å²) in [6.45, 7) is 10.6. The van der Waals surface area contributed by atoms with Gasteiger partial charge in [0.05, 0.1) is 0 Å². The molecule has 2 nitrogen and oxygen atoms in total. The molecule has 1 unspecified atom stereocenters. The monoisotopic (exact) mass is 240 g/mol. The molecule has 0 aromatic heterocycles. The van der Waals surface area contributed by atoms with Crippen molar-refractivity contribution in [3.8, 4) is 0 Å². The average molecular weight is 240 g/mol. The maximum Gasteiger partial charge on any atom is 0.00924 e. The highest BCUT2D eigenvalue weighted by atomic mass is 15.1. The topological polar surface area (TPSA) is 15.3 Å². The van der Waals surface area contributed by atoms with Gasteiger partial charge in [0.15, 0.2) is 0 Å². The summed E-state index contributed by atoms with van der Waals surface area (Å²) in [4.78, 5) is 2.60. The SMILES string of the molecule is CCCNCC(C)(CCC)CN(C)C1CCC1. The first-order valence-electron chi connectivity index (χ1n) is 7.52. The molecule has 0 spiro atoms. The van der Waals surface area contributed by atoms with Crippen LogP contribution in [-0.2, 0) is 0 Å². The lowest BCUT2D eigenvalue weighted by molar-refractivity contribution is 0.0947. The number of nitrogens with one attached hydrogen (secondary N) is 1. The molecule has 1 atom stereocenters. The summed E-state index contributed by atoms with van der Waals surface area (Å²) in [7, 11) is 2.32. The third-order valence-electron chi connectivity index (χ3n) is 4.16. The molecule has 0 aromatic rings. The second-order valence-electron chi connectivity index (χ2n) is 6.24. The molecule has 1 aliphatic rings. The van der Waals surface area contributed by atoms with Crippen LogP contribution in [0.3, 0.4) is 0 Å². The van der Waals surface area contributed by atoms with E-state index in [-0.39, 0.29) is 0 Å². The molecule has 2 heteroatoms. The summed E-state index contributed by atoms with van der Waals surface area (Å²) in [6.07, 6.45) is 8.14. The zero-order valence-electron chi connectivity index (χ0n) is 12.4. The molecule has 17 heavy (non-hydrogen) atoms. The van der Waals surface area contributed by atoms with Gasteiger partial charge >= 0.3 is 0 Å². The lowest BCUT2D eigenvalue weighted by Gasteiger charge is -2.41. The first-order chi connectivity index (χ1) is 8.11. The normalized spacial score (nSPS) is 20.3. The molecule has 0 aromatic carbocycles. The summed E-state index contributed by atoms with van der Waals surface area (Å²) in [6, 6.07) is 0.873. The van der Waals surface area contributed by atoms with Crippen LogP contribution in [0.1, 0.15) is 59.3 Å². The molecule has 102 valence electrons. The highest BCUT2D eigenvalue weighted by Crippen LogP contribution is 2.29. The third-order valence-corrected chi connectivity index (χ3v) is 4.16. The molecular formula is C15H32N2. The van der Waals surface area contributed by atoms with E-state index in [4.69, 9.17) is 0 Å². The fourth-order valence-corrected chi connectivity index (χ4v) is 2.95. The number of hydrogen-bond donors (Lipinski definition) is 1. The van der Waals surface area contributed by atoms with Crippen molar-refractivity contribution in [1.82, 2.24) is 10.2 Å². The summed E-state index contributed by atoms with van der Waals surface area (Å²) < 4.78 is 0. The van der Waals surface area contributed by atoms with Crippen LogP contribution in [0, 0.1) is 5.41 Å². The molecule has 0 amide bonds. The molecule has 0 aliphatic heterocycles. The summed E-state index contributed by atoms with van der Waals surface area (Å²) >= 11 is 0. The first-order valence-corrected chi connectivity index (χ1v) is 7.52. The van der Waals surface area contributed by atoms with Crippen LogP contribution in [0.2, 0.25) is 0 Å². The maximum absolute atomic E-state index is 3.61. The Labute approximate surface area is 108 Å². The lowest BCUT2D eigenvalue weighted by Crippen LogP contribution is -2.46. The van der Waals surface area contributed by atoms with E-state index in [2.05, 4.69) is 38.0 Å². The van der Waals surface area contributed by atoms with Gasteiger partial charge in [0.1, 0.15) is 0 Å². The molecule has 0 heterocycles. The van der Waals surface area contributed by atoms with E-state index in [9.17, 15) is 0 Å². The molecule has 1 fully saturated rings. The average Bonchev–Trinajstić information content (AvgIpc) is 2.14. The predicted octanol–water partition coefficient (Wildman–Crippen LogP) is 3.28. The minimum Gasteiger partial charge on any atom is -0.316 e. The highest BCUT2D eigenvalue weighted by molar-refractivity contribution is 4.85. The van der Waals surface area contributed by atoms with Gasteiger partial charge in [0, 0.05) is 19.1 Å². The van der Waals surface area contributed by atoms with Crippen LogP contribution < -0.4 is 5.32 Å². The minimum atomic E-state index is 0.453. The quantitative estimate of drug-likeness (QED) is 0.622. The molecule has 0 bridgehead atoms. The molecule has 1 N–H and O–H groups in total. The van der Waals surface area contributed by atoms with Crippen LogP contribution in [0.4, 0.5) is 0 Å². The zero-order chi connectivity index (χ0) is 12.7. The van der Waals surface area contributed by atoms with Gasteiger partial charge in [-0.25, -0.2) is 0 Å². The van der Waals surface area contributed by atoms with Gasteiger partial charge in [-0.2, -0.15) is 0 Å². The molecule has 1 aliphatic carbocycles. The van der Waals surface area contributed by atoms with Gasteiger partial charge in [0.2, 0.25) is 0 Å². The van der Waals surface area contributed by atoms with Gasteiger partial charge in [-0.15, -0.1) is 0 Å².